The first-order valence-electron chi connectivity index (χ1n) is 7.47. The van der Waals surface area contributed by atoms with Crippen molar-refractivity contribution in [3.8, 4) is 5.69 Å². The van der Waals surface area contributed by atoms with Crippen LogP contribution >= 0.6 is 0 Å². The number of hydrogen-bond donors (Lipinski definition) is 1. The van der Waals surface area contributed by atoms with Crippen molar-refractivity contribution in [1.29, 1.82) is 0 Å². The highest BCUT2D eigenvalue weighted by molar-refractivity contribution is 5.78. The first-order chi connectivity index (χ1) is 10.6. The second kappa shape index (κ2) is 6.17. The van der Waals surface area contributed by atoms with E-state index in [4.69, 9.17) is 5.73 Å². The minimum Gasteiger partial charge on any atom is -0.370 e. The molecule has 1 aromatic carbocycles. The van der Waals surface area contributed by atoms with E-state index < -0.39 is 0 Å². The smallest absolute Gasteiger partial charge is 0.191 e. The summed E-state index contributed by atoms with van der Waals surface area (Å²) in [5.41, 5.74) is 7.72. The molecular weight excluding hydrogens is 281 g/mol. The standard InChI is InChI=1S/C16H20FN5/c1-21(14-6-7-14)16(18)19-10-8-13-9-11-22(20-13)15-4-2-12(17)3-5-15/h2-5,9,11,14H,6-8,10H2,1H3,(H2,18,19). The Morgan fingerprint density at radius 3 is 2.77 bits per heavy atom. The van der Waals surface area contributed by atoms with Crippen LogP contribution in [0.5, 0.6) is 0 Å². The number of nitrogens with zero attached hydrogens (tertiary/aromatic N) is 4. The van der Waals surface area contributed by atoms with Gasteiger partial charge in [0.2, 0.25) is 0 Å². The fourth-order valence-electron chi connectivity index (χ4n) is 2.28. The molecule has 0 radical (unpaired) electrons. The molecule has 0 amide bonds. The Bertz CT molecular complexity index is 657. The van der Waals surface area contributed by atoms with E-state index in [1.165, 1.54) is 25.0 Å². The Morgan fingerprint density at radius 2 is 2.09 bits per heavy atom. The fourth-order valence-corrected chi connectivity index (χ4v) is 2.28. The lowest BCUT2D eigenvalue weighted by atomic mass is 10.3. The molecule has 2 N–H and O–H groups in total. The zero-order valence-corrected chi connectivity index (χ0v) is 12.6. The summed E-state index contributed by atoms with van der Waals surface area (Å²) in [6.45, 7) is 0.614. The number of rotatable bonds is 5. The summed E-state index contributed by atoms with van der Waals surface area (Å²) in [6.07, 6.45) is 5.00. The maximum absolute atomic E-state index is 12.9. The Morgan fingerprint density at radius 1 is 1.36 bits per heavy atom. The highest BCUT2D eigenvalue weighted by atomic mass is 19.1. The molecule has 0 spiro atoms. The number of hydrogen-bond acceptors (Lipinski definition) is 2. The monoisotopic (exact) mass is 301 g/mol. The van der Waals surface area contributed by atoms with Crippen molar-refractivity contribution in [2.24, 2.45) is 10.7 Å². The highest BCUT2D eigenvalue weighted by Crippen LogP contribution is 2.24. The van der Waals surface area contributed by atoms with Gasteiger partial charge in [-0.15, -0.1) is 0 Å². The number of halogens is 1. The number of aliphatic imine (C=N–C) groups is 1. The van der Waals surface area contributed by atoms with Crippen molar-refractivity contribution in [2.75, 3.05) is 13.6 Å². The molecule has 2 aromatic rings. The Kier molecular flexibility index (Phi) is 4.09. The quantitative estimate of drug-likeness (QED) is 0.678. The maximum atomic E-state index is 12.9. The molecule has 1 saturated carbocycles. The van der Waals surface area contributed by atoms with Crippen LogP contribution in [-0.2, 0) is 6.42 Å². The minimum absolute atomic E-state index is 0.249. The number of nitrogens with two attached hydrogens (primary N) is 1. The van der Waals surface area contributed by atoms with E-state index in [-0.39, 0.29) is 5.82 Å². The second-order valence-electron chi connectivity index (χ2n) is 5.56. The van der Waals surface area contributed by atoms with Crippen LogP contribution in [0.3, 0.4) is 0 Å². The molecule has 6 heteroatoms. The van der Waals surface area contributed by atoms with Crippen molar-refractivity contribution >= 4 is 5.96 Å². The van der Waals surface area contributed by atoms with Gasteiger partial charge in [0.05, 0.1) is 11.4 Å². The minimum atomic E-state index is -0.249. The third kappa shape index (κ3) is 3.44. The molecule has 1 heterocycles. The zero-order chi connectivity index (χ0) is 15.5. The molecule has 1 aliphatic rings. The van der Waals surface area contributed by atoms with Gasteiger partial charge in [0, 0.05) is 32.3 Å². The van der Waals surface area contributed by atoms with E-state index in [1.54, 1.807) is 16.8 Å². The van der Waals surface area contributed by atoms with E-state index in [0.717, 1.165) is 17.8 Å². The highest BCUT2D eigenvalue weighted by Gasteiger charge is 2.27. The molecule has 1 aromatic heterocycles. The summed E-state index contributed by atoms with van der Waals surface area (Å²) in [4.78, 5) is 6.43. The van der Waals surface area contributed by atoms with Crippen LogP contribution in [0.4, 0.5) is 4.39 Å². The molecular formula is C16H20FN5. The normalized spacial score (nSPS) is 15.1. The zero-order valence-electron chi connectivity index (χ0n) is 12.6. The van der Waals surface area contributed by atoms with Crippen LogP contribution in [0.2, 0.25) is 0 Å². The van der Waals surface area contributed by atoms with Crippen molar-refractivity contribution < 1.29 is 4.39 Å². The van der Waals surface area contributed by atoms with Crippen molar-refractivity contribution in [2.45, 2.75) is 25.3 Å². The maximum Gasteiger partial charge on any atom is 0.191 e. The van der Waals surface area contributed by atoms with E-state index in [2.05, 4.69) is 10.1 Å². The predicted octanol–water partition coefficient (Wildman–Crippen LogP) is 1.96. The average Bonchev–Trinajstić information content (AvgIpc) is 3.26. The summed E-state index contributed by atoms with van der Waals surface area (Å²) < 4.78 is 14.7. The molecule has 116 valence electrons. The van der Waals surface area contributed by atoms with Crippen LogP contribution in [0, 0.1) is 5.82 Å². The molecule has 5 nitrogen and oxygen atoms in total. The molecule has 22 heavy (non-hydrogen) atoms. The van der Waals surface area contributed by atoms with Gasteiger partial charge in [-0.05, 0) is 43.2 Å². The van der Waals surface area contributed by atoms with Crippen LogP contribution in [0.15, 0.2) is 41.5 Å². The average molecular weight is 301 g/mol. The topological polar surface area (TPSA) is 59.4 Å². The molecule has 1 aliphatic carbocycles. The van der Waals surface area contributed by atoms with Crippen molar-refractivity contribution in [3.05, 3.63) is 48.0 Å². The van der Waals surface area contributed by atoms with Gasteiger partial charge in [0.15, 0.2) is 5.96 Å². The Hall–Kier alpha value is -2.37. The fraction of sp³-hybridized carbons (Fsp3) is 0.375. The van der Waals surface area contributed by atoms with Gasteiger partial charge >= 0.3 is 0 Å². The molecule has 0 bridgehead atoms. The Labute approximate surface area is 129 Å². The second-order valence-corrected chi connectivity index (χ2v) is 5.56. The molecule has 0 saturated heterocycles. The van der Waals surface area contributed by atoms with E-state index in [1.807, 2.05) is 24.2 Å². The first kappa shape index (κ1) is 14.6. The van der Waals surface area contributed by atoms with Gasteiger partial charge in [-0.25, -0.2) is 9.07 Å². The van der Waals surface area contributed by atoms with Crippen molar-refractivity contribution in [1.82, 2.24) is 14.7 Å². The molecule has 3 rings (SSSR count). The molecule has 1 fully saturated rings. The van der Waals surface area contributed by atoms with Gasteiger partial charge in [0.25, 0.3) is 0 Å². The van der Waals surface area contributed by atoms with E-state index in [9.17, 15) is 4.39 Å². The van der Waals surface area contributed by atoms with E-state index in [0.29, 0.717) is 18.5 Å². The number of benzene rings is 1. The summed E-state index contributed by atoms with van der Waals surface area (Å²) in [5.74, 6) is 0.348. The lowest BCUT2D eigenvalue weighted by molar-refractivity contribution is 0.487. The van der Waals surface area contributed by atoms with Crippen LogP contribution in [0.25, 0.3) is 5.69 Å². The van der Waals surface area contributed by atoms with Gasteiger partial charge in [0.1, 0.15) is 5.82 Å². The number of aromatic nitrogens is 2. The third-order valence-electron chi connectivity index (χ3n) is 3.83. The number of guanidine groups is 1. The Balaban J connectivity index is 1.57. The summed E-state index contributed by atoms with van der Waals surface area (Å²) in [6, 6.07) is 8.77. The van der Waals surface area contributed by atoms with Crippen LogP contribution < -0.4 is 5.73 Å². The van der Waals surface area contributed by atoms with Gasteiger partial charge in [-0.3, -0.25) is 4.99 Å². The summed E-state index contributed by atoms with van der Waals surface area (Å²) in [7, 11) is 1.99. The molecule has 0 atom stereocenters. The van der Waals surface area contributed by atoms with Gasteiger partial charge in [-0.1, -0.05) is 0 Å². The SMILES string of the molecule is CN(C(N)=NCCc1ccn(-c2ccc(F)cc2)n1)C1CC1. The predicted molar refractivity (Wildman–Crippen MR) is 84.5 cm³/mol. The lowest BCUT2D eigenvalue weighted by Crippen LogP contribution is -2.35. The van der Waals surface area contributed by atoms with E-state index >= 15 is 0 Å². The lowest BCUT2D eigenvalue weighted by Gasteiger charge is -2.16. The van der Waals surface area contributed by atoms with Gasteiger partial charge < -0.3 is 10.6 Å². The van der Waals surface area contributed by atoms with Gasteiger partial charge in [-0.2, -0.15) is 5.10 Å². The summed E-state index contributed by atoms with van der Waals surface area (Å²) in [5, 5.41) is 4.47. The largest absolute Gasteiger partial charge is 0.370 e. The third-order valence-corrected chi connectivity index (χ3v) is 3.83. The molecule has 0 aliphatic heterocycles. The van der Waals surface area contributed by atoms with Crippen molar-refractivity contribution in [3.63, 3.8) is 0 Å². The molecule has 0 unspecified atom stereocenters. The summed E-state index contributed by atoms with van der Waals surface area (Å²) >= 11 is 0. The van der Waals surface area contributed by atoms with Crippen LogP contribution in [-0.4, -0.2) is 40.3 Å². The first-order valence-corrected chi connectivity index (χ1v) is 7.47. The van der Waals surface area contributed by atoms with Crippen LogP contribution in [0.1, 0.15) is 18.5 Å².